The first-order chi connectivity index (χ1) is 5.20. The van der Waals surface area contributed by atoms with Crippen LogP contribution in [0.5, 0.6) is 0 Å². The van der Waals surface area contributed by atoms with Crippen molar-refractivity contribution in [2.45, 2.75) is 18.2 Å². The molecule has 0 saturated heterocycles. The Balaban J connectivity index is 2.78. The van der Waals surface area contributed by atoms with Gasteiger partial charge < -0.3 is 0 Å². The summed E-state index contributed by atoms with van der Waals surface area (Å²) in [6.45, 7) is 1.98. The lowest BCUT2D eigenvalue weighted by atomic mass is 10.2. The van der Waals surface area contributed by atoms with Crippen molar-refractivity contribution in [2.24, 2.45) is 0 Å². The zero-order chi connectivity index (χ0) is 8.27. The van der Waals surface area contributed by atoms with Crippen molar-refractivity contribution in [3.8, 4) is 0 Å². The van der Waals surface area contributed by atoms with Crippen molar-refractivity contribution in [3.05, 3.63) is 29.8 Å². The summed E-state index contributed by atoms with van der Waals surface area (Å²) < 4.78 is 12.8. The molecule has 1 atom stereocenters. The van der Waals surface area contributed by atoms with Crippen molar-refractivity contribution >= 4 is 15.9 Å². The average Bonchev–Trinajstić information content (AvgIpc) is 1.93. The van der Waals surface area contributed by atoms with Crippen LogP contribution >= 0.6 is 15.9 Å². The van der Waals surface area contributed by atoms with Crippen LogP contribution in [0.3, 0.4) is 0 Å². The Kier molecular flexibility index (Phi) is 3.00. The lowest BCUT2D eigenvalue weighted by molar-refractivity contribution is 0.566. The van der Waals surface area contributed by atoms with Crippen LogP contribution in [0, 0.1) is 5.95 Å². The Morgan fingerprint density at radius 3 is 3.00 bits per heavy atom. The topological polar surface area (TPSA) is 12.9 Å². The first-order valence-electron chi connectivity index (χ1n) is 3.43. The summed E-state index contributed by atoms with van der Waals surface area (Å²) >= 11 is 3.35. The fraction of sp³-hybridized carbons (Fsp3) is 0.375. The van der Waals surface area contributed by atoms with E-state index in [0.717, 1.165) is 0 Å². The first-order valence-corrected chi connectivity index (χ1v) is 4.35. The summed E-state index contributed by atoms with van der Waals surface area (Å²) in [5.74, 6) is -0.362. The highest BCUT2D eigenvalue weighted by Gasteiger charge is 2.04. The van der Waals surface area contributed by atoms with Crippen LogP contribution in [0.1, 0.15) is 12.5 Å². The standard InChI is InChI=1S/C8H9BrFN/c1-6(9)5-7-3-2-4-11-8(7)10/h2-4,6H,5H2,1H3. The van der Waals surface area contributed by atoms with E-state index in [2.05, 4.69) is 20.9 Å². The van der Waals surface area contributed by atoms with E-state index in [4.69, 9.17) is 0 Å². The molecule has 11 heavy (non-hydrogen) atoms. The molecule has 0 aromatic carbocycles. The molecule has 0 saturated carbocycles. The van der Waals surface area contributed by atoms with Gasteiger partial charge in [-0.05, 0) is 12.5 Å². The molecule has 0 aliphatic carbocycles. The number of hydrogen-bond donors (Lipinski definition) is 0. The summed E-state index contributed by atoms with van der Waals surface area (Å²) in [5.41, 5.74) is 0.664. The van der Waals surface area contributed by atoms with Crippen molar-refractivity contribution in [1.82, 2.24) is 4.98 Å². The summed E-state index contributed by atoms with van der Waals surface area (Å²) in [6.07, 6.45) is 2.14. The van der Waals surface area contributed by atoms with Gasteiger partial charge in [0, 0.05) is 16.6 Å². The van der Waals surface area contributed by atoms with Crippen LogP contribution in [0.15, 0.2) is 18.3 Å². The van der Waals surface area contributed by atoms with E-state index in [9.17, 15) is 4.39 Å². The van der Waals surface area contributed by atoms with Crippen LogP contribution in [0.2, 0.25) is 0 Å². The van der Waals surface area contributed by atoms with E-state index in [1.165, 1.54) is 6.20 Å². The molecule has 0 spiro atoms. The number of halogens is 2. The van der Waals surface area contributed by atoms with E-state index in [1.54, 1.807) is 12.1 Å². The zero-order valence-electron chi connectivity index (χ0n) is 6.22. The van der Waals surface area contributed by atoms with E-state index < -0.39 is 0 Å². The van der Waals surface area contributed by atoms with Gasteiger partial charge in [-0.15, -0.1) is 0 Å². The van der Waals surface area contributed by atoms with Crippen LogP contribution in [0.4, 0.5) is 4.39 Å². The molecule has 1 aromatic heterocycles. The van der Waals surface area contributed by atoms with Crippen LogP contribution in [-0.2, 0) is 6.42 Å². The van der Waals surface area contributed by atoms with Gasteiger partial charge in [0.05, 0.1) is 0 Å². The Morgan fingerprint density at radius 2 is 2.45 bits per heavy atom. The van der Waals surface area contributed by atoms with Crippen molar-refractivity contribution in [2.75, 3.05) is 0 Å². The summed E-state index contributed by atoms with van der Waals surface area (Å²) in [7, 11) is 0. The Labute approximate surface area is 73.8 Å². The van der Waals surface area contributed by atoms with Gasteiger partial charge in [-0.1, -0.05) is 28.9 Å². The molecule has 3 heteroatoms. The minimum absolute atomic E-state index is 0.293. The minimum Gasteiger partial charge on any atom is -0.228 e. The molecule has 0 radical (unpaired) electrons. The summed E-state index contributed by atoms with van der Waals surface area (Å²) in [4.78, 5) is 3.84. The van der Waals surface area contributed by atoms with Crippen LogP contribution in [0.25, 0.3) is 0 Å². The number of hydrogen-bond acceptors (Lipinski definition) is 1. The maximum absolute atomic E-state index is 12.8. The molecule has 0 bridgehead atoms. The molecular weight excluding hydrogens is 209 g/mol. The van der Waals surface area contributed by atoms with Gasteiger partial charge in [-0.2, -0.15) is 4.39 Å². The maximum atomic E-state index is 12.8. The third-order valence-corrected chi connectivity index (χ3v) is 1.66. The van der Waals surface area contributed by atoms with Gasteiger partial charge in [0.25, 0.3) is 0 Å². The van der Waals surface area contributed by atoms with E-state index in [1.807, 2.05) is 6.92 Å². The molecule has 1 rings (SSSR count). The first kappa shape index (κ1) is 8.65. The molecule has 0 aliphatic heterocycles. The van der Waals surface area contributed by atoms with Crippen molar-refractivity contribution in [3.63, 3.8) is 0 Å². The second-order valence-electron chi connectivity index (χ2n) is 2.44. The molecule has 1 nitrogen and oxygen atoms in total. The SMILES string of the molecule is CC(Br)Cc1cccnc1F. The van der Waals surface area contributed by atoms with Gasteiger partial charge in [0.2, 0.25) is 5.95 Å². The number of alkyl halides is 1. The second kappa shape index (κ2) is 3.81. The normalized spacial score (nSPS) is 13.0. The number of aromatic nitrogens is 1. The second-order valence-corrected chi connectivity index (χ2v) is 4.00. The monoisotopic (exact) mass is 217 g/mol. The molecule has 0 N–H and O–H groups in total. The highest BCUT2D eigenvalue weighted by Crippen LogP contribution is 2.10. The predicted molar refractivity (Wildman–Crippen MR) is 46.3 cm³/mol. The Bertz CT molecular complexity index is 237. The Morgan fingerprint density at radius 1 is 1.73 bits per heavy atom. The van der Waals surface area contributed by atoms with E-state index >= 15 is 0 Å². The van der Waals surface area contributed by atoms with Gasteiger partial charge in [0.1, 0.15) is 0 Å². The van der Waals surface area contributed by atoms with Gasteiger partial charge in [-0.3, -0.25) is 0 Å². The van der Waals surface area contributed by atoms with Crippen LogP contribution < -0.4 is 0 Å². The maximum Gasteiger partial charge on any atom is 0.216 e. The van der Waals surface area contributed by atoms with Gasteiger partial charge in [-0.25, -0.2) is 4.98 Å². The lowest BCUT2D eigenvalue weighted by Gasteiger charge is -2.02. The predicted octanol–water partition coefficient (Wildman–Crippen LogP) is 2.55. The van der Waals surface area contributed by atoms with Crippen molar-refractivity contribution < 1.29 is 4.39 Å². The molecule has 60 valence electrons. The summed E-state index contributed by atoms with van der Waals surface area (Å²) in [6, 6.07) is 3.49. The van der Waals surface area contributed by atoms with Crippen molar-refractivity contribution in [1.29, 1.82) is 0 Å². The largest absolute Gasteiger partial charge is 0.228 e. The third-order valence-electron chi connectivity index (χ3n) is 1.34. The van der Waals surface area contributed by atoms with E-state index in [-0.39, 0.29) is 5.95 Å². The molecule has 0 fully saturated rings. The molecule has 0 amide bonds. The number of pyridine rings is 1. The quantitative estimate of drug-likeness (QED) is 0.549. The number of rotatable bonds is 2. The minimum atomic E-state index is -0.362. The third kappa shape index (κ3) is 2.58. The Hall–Kier alpha value is -0.440. The number of nitrogens with zero attached hydrogens (tertiary/aromatic N) is 1. The molecule has 1 heterocycles. The zero-order valence-corrected chi connectivity index (χ0v) is 7.81. The fourth-order valence-electron chi connectivity index (χ4n) is 0.875. The smallest absolute Gasteiger partial charge is 0.216 e. The highest BCUT2D eigenvalue weighted by atomic mass is 79.9. The average molecular weight is 218 g/mol. The fourth-order valence-corrected chi connectivity index (χ4v) is 1.22. The summed E-state index contributed by atoms with van der Waals surface area (Å²) in [5, 5.41) is 0. The van der Waals surface area contributed by atoms with Crippen LogP contribution in [-0.4, -0.2) is 9.81 Å². The lowest BCUT2D eigenvalue weighted by Crippen LogP contribution is -2.00. The molecule has 0 aliphatic rings. The molecule has 1 aromatic rings. The highest BCUT2D eigenvalue weighted by molar-refractivity contribution is 9.09. The molecule has 1 unspecified atom stereocenters. The van der Waals surface area contributed by atoms with E-state index in [0.29, 0.717) is 16.8 Å². The van der Waals surface area contributed by atoms with Gasteiger partial charge in [0.15, 0.2) is 0 Å². The molecular formula is C8H9BrFN. The van der Waals surface area contributed by atoms with Gasteiger partial charge >= 0.3 is 0 Å².